The molecule has 0 bridgehead atoms. The fourth-order valence-corrected chi connectivity index (χ4v) is 6.61. The Morgan fingerprint density at radius 3 is 1.52 bits per heavy atom. The lowest BCUT2D eigenvalue weighted by molar-refractivity contribution is -0.870. The number of unbranched alkanes of at least 4 members (excludes halogenated alkanes) is 18. The molecule has 0 aromatic rings. The van der Waals surface area contributed by atoms with E-state index in [1.807, 2.05) is 21.1 Å². The van der Waals surface area contributed by atoms with Gasteiger partial charge in [-0.1, -0.05) is 165 Å². The Morgan fingerprint density at radius 2 is 1.02 bits per heavy atom. The van der Waals surface area contributed by atoms with Crippen molar-refractivity contribution >= 4 is 19.8 Å². The van der Waals surface area contributed by atoms with Crippen LogP contribution in [0.4, 0.5) is 0 Å². The minimum absolute atomic E-state index is 0.0365. The highest BCUT2D eigenvalue weighted by molar-refractivity contribution is 7.45. The first kappa shape index (κ1) is 54.0. The van der Waals surface area contributed by atoms with Crippen LogP contribution < -0.4 is 4.89 Å². The van der Waals surface area contributed by atoms with Crippen LogP contribution in [0.25, 0.3) is 0 Å². The lowest BCUT2D eigenvalue weighted by Crippen LogP contribution is -2.37. The zero-order valence-corrected chi connectivity index (χ0v) is 37.5. The smallest absolute Gasteiger partial charge is 0.306 e. The molecule has 0 aliphatic rings. The van der Waals surface area contributed by atoms with Gasteiger partial charge in [-0.15, -0.1) is 0 Å². The Morgan fingerprint density at radius 1 is 0.571 bits per heavy atom. The van der Waals surface area contributed by atoms with E-state index in [2.05, 4.69) is 62.5 Å². The number of hydrogen-bond acceptors (Lipinski definition) is 8. The average molecular weight is 810 g/mol. The third kappa shape index (κ3) is 41.6. The summed E-state index contributed by atoms with van der Waals surface area (Å²) in [7, 11) is 1.15. The Hall–Kier alpha value is -2.03. The summed E-state index contributed by atoms with van der Waals surface area (Å²) in [5.41, 5.74) is 0. The van der Waals surface area contributed by atoms with Crippen molar-refractivity contribution in [2.24, 2.45) is 0 Å². The first-order chi connectivity index (χ1) is 27.0. The molecule has 10 heteroatoms. The molecule has 2 atom stereocenters. The second kappa shape index (κ2) is 38.5. The van der Waals surface area contributed by atoms with Gasteiger partial charge in [-0.25, -0.2) is 0 Å². The third-order valence-corrected chi connectivity index (χ3v) is 10.3. The number of rotatable bonds is 40. The summed E-state index contributed by atoms with van der Waals surface area (Å²) < 4.78 is 33.9. The van der Waals surface area contributed by atoms with Crippen LogP contribution in [-0.2, 0) is 32.7 Å². The number of carbonyl (C=O) groups excluding carboxylic acids is 2. The number of phosphoric acid groups is 1. The number of quaternary nitrogens is 1. The molecular weight excluding hydrogens is 725 g/mol. The molecule has 0 N–H and O–H groups in total. The monoisotopic (exact) mass is 810 g/mol. The highest BCUT2D eigenvalue weighted by atomic mass is 31.2. The molecular formula is C46H84NO8P. The minimum atomic E-state index is -4.63. The van der Waals surface area contributed by atoms with E-state index in [9.17, 15) is 19.0 Å². The Balaban J connectivity index is 4.39. The normalized spacial score (nSPS) is 14.0. The number of esters is 2. The number of allylic oxidation sites excluding steroid dienone is 8. The number of hydrogen-bond donors (Lipinski definition) is 0. The van der Waals surface area contributed by atoms with Crippen molar-refractivity contribution in [3.63, 3.8) is 0 Å². The number of likely N-dealkylation sites (N-methyl/N-ethyl adjacent to an activating group) is 1. The SMILES string of the molecule is CC/C=C\C/C=C\C/C=C\C/C=C\CCCCCCC(=O)OC(COC(=O)CCCCCCCCCCCCCCCCC)COP(=O)([O-])OCC[N+](C)(C)C. The van der Waals surface area contributed by atoms with Crippen molar-refractivity contribution in [2.75, 3.05) is 47.5 Å². The van der Waals surface area contributed by atoms with Crippen LogP contribution in [0.3, 0.4) is 0 Å². The van der Waals surface area contributed by atoms with E-state index in [1.54, 1.807) is 0 Å². The number of carbonyl (C=O) groups is 2. The molecule has 326 valence electrons. The minimum Gasteiger partial charge on any atom is -0.756 e. The van der Waals surface area contributed by atoms with Crippen molar-refractivity contribution in [3.8, 4) is 0 Å². The molecule has 0 rings (SSSR count). The predicted octanol–water partition coefficient (Wildman–Crippen LogP) is 12.1. The first-order valence-corrected chi connectivity index (χ1v) is 23.8. The molecule has 9 nitrogen and oxygen atoms in total. The van der Waals surface area contributed by atoms with Gasteiger partial charge in [0.1, 0.15) is 19.8 Å². The Labute approximate surface area is 343 Å². The molecule has 0 aliphatic carbocycles. The Bertz CT molecular complexity index is 1100. The van der Waals surface area contributed by atoms with Gasteiger partial charge in [0.25, 0.3) is 7.82 Å². The number of nitrogens with zero attached hydrogens (tertiary/aromatic N) is 1. The second-order valence-electron chi connectivity index (χ2n) is 16.0. The third-order valence-electron chi connectivity index (χ3n) is 9.36. The molecule has 0 saturated carbocycles. The summed E-state index contributed by atoms with van der Waals surface area (Å²) in [6.45, 7) is 4.09. The molecule has 0 saturated heterocycles. The summed E-state index contributed by atoms with van der Waals surface area (Å²) in [4.78, 5) is 37.5. The molecule has 0 amide bonds. The van der Waals surface area contributed by atoms with Crippen LogP contribution in [0.5, 0.6) is 0 Å². The van der Waals surface area contributed by atoms with E-state index in [4.69, 9.17) is 18.5 Å². The first-order valence-electron chi connectivity index (χ1n) is 22.3. The highest BCUT2D eigenvalue weighted by Gasteiger charge is 2.21. The quantitative estimate of drug-likeness (QED) is 0.0198. The van der Waals surface area contributed by atoms with Crippen LogP contribution >= 0.6 is 7.82 Å². The fourth-order valence-electron chi connectivity index (χ4n) is 5.88. The molecule has 2 unspecified atom stereocenters. The van der Waals surface area contributed by atoms with E-state index >= 15 is 0 Å². The maximum Gasteiger partial charge on any atom is 0.306 e. The largest absolute Gasteiger partial charge is 0.756 e. The van der Waals surface area contributed by atoms with Crippen LogP contribution in [-0.4, -0.2) is 70.0 Å². The van der Waals surface area contributed by atoms with Gasteiger partial charge < -0.3 is 27.9 Å². The topological polar surface area (TPSA) is 111 Å². The summed E-state index contributed by atoms with van der Waals surface area (Å²) >= 11 is 0. The lowest BCUT2D eigenvalue weighted by atomic mass is 10.0. The molecule has 56 heavy (non-hydrogen) atoms. The van der Waals surface area contributed by atoms with Crippen molar-refractivity contribution in [1.82, 2.24) is 0 Å². The average Bonchev–Trinajstić information content (AvgIpc) is 3.15. The maximum atomic E-state index is 12.7. The van der Waals surface area contributed by atoms with Crippen molar-refractivity contribution in [1.29, 1.82) is 0 Å². The standard InChI is InChI=1S/C46H84NO8P/c1-6-8-10-12-14-16-18-20-22-23-25-27-29-31-33-35-37-39-46(49)55-44(43-54-56(50,51)53-41-40-47(3,4)5)42-52-45(48)38-36-34-32-30-28-26-24-21-19-17-15-13-11-9-7-2/h8,10,14,16,20,22,25,27,44H,6-7,9,11-13,15,17-19,21,23-24,26,28-43H2,1-5H3/b10-8-,16-14-,22-20-,27-25-. The molecule has 0 spiro atoms. The lowest BCUT2D eigenvalue weighted by Gasteiger charge is -2.28. The van der Waals surface area contributed by atoms with Gasteiger partial charge in [0, 0.05) is 12.8 Å². The summed E-state index contributed by atoms with van der Waals surface area (Å²) in [5, 5.41) is 0. The number of phosphoric ester groups is 1. The van der Waals surface area contributed by atoms with Gasteiger partial charge in [-0.3, -0.25) is 14.2 Å². The van der Waals surface area contributed by atoms with Crippen molar-refractivity contribution in [3.05, 3.63) is 48.6 Å². The van der Waals surface area contributed by atoms with Gasteiger partial charge in [0.2, 0.25) is 0 Å². The summed E-state index contributed by atoms with van der Waals surface area (Å²) in [6, 6.07) is 0. The highest BCUT2D eigenvalue weighted by Crippen LogP contribution is 2.38. The summed E-state index contributed by atoms with van der Waals surface area (Å²) in [6.07, 6.45) is 44.2. The zero-order chi connectivity index (χ0) is 41.4. The van der Waals surface area contributed by atoms with E-state index in [-0.39, 0.29) is 26.1 Å². The predicted molar refractivity (Wildman–Crippen MR) is 231 cm³/mol. The molecule has 0 aliphatic heterocycles. The zero-order valence-electron chi connectivity index (χ0n) is 36.6. The molecule has 0 aromatic heterocycles. The van der Waals surface area contributed by atoms with Crippen LogP contribution in [0.2, 0.25) is 0 Å². The van der Waals surface area contributed by atoms with Crippen LogP contribution in [0.1, 0.15) is 181 Å². The van der Waals surface area contributed by atoms with Gasteiger partial charge >= 0.3 is 11.9 Å². The van der Waals surface area contributed by atoms with E-state index in [0.717, 1.165) is 70.6 Å². The van der Waals surface area contributed by atoms with Gasteiger partial charge in [0.05, 0.1) is 27.7 Å². The van der Waals surface area contributed by atoms with Crippen molar-refractivity contribution < 1.29 is 42.1 Å². The van der Waals surface area contributed by atoms with Crippen LogP contribution in [0, 0.1) is 0 Å². The van der Waals surface area contributed by atoms with E-state index < -0.39 is 32.5 Å². The molecule has 0 aromatic carbocycles. The van der Waals surface area contributed by atoms with Crippen LogP contribution in [0.15, 0.2) is 48.6 Å². The molecule has 0 heterocycles. The number of ether oxygens (including phenoxy) is 2. The van der Waals surface area contributed by atoms with Gasteiger partial charge in [0.15, 0.2) is 6.10 Å². The summed E-state index contributed by atoms with van der Waals surface area (Å²) in [5.74, 6) is -0.860. The maximum absolute atomic E-state index is 12.7. The Kier molecular flexibility index (Phi) is 37.1. The fraction of sp³-hybridized carbons (Fsp3) is 0.783. The van der Waals surface area contributed by atoms with Crippen molar-refractivity contribution in [2.45, 2.75) is 187 Å². The molecule has 0 radical (unpaired) electrons. The van der Waals surface area contributed by atoms with Gasteiger partial charge in [-0.2, -0.15) is 0 Å². The van der Waals surface area contributed by atoms with Gasteiger partial charge in [-0.05, 0) is 51.4 Å². The van der Waals surface area contributed by atoms with E-state index in [0.29, 0.717) is 17.4 Å². The van der Waals surface area contributed by atoms with E-state index in [1.165, 1.54) is 77.0 Å². The molecule has 0 fully saturated rings. The second-order valence-corrected chi connectivity index (χ2v) is 17.4.